The van der Waals surface area contributed by atoms with Crippen LogP contribution in [0.3, 0.4) is 0 Å². The lowest BCUT2D eigenvalue weighted by Gasteiger charge is -2.18. The quantitative estimate of drug-likeness (QED) is 0.575. The van der Waals surface area contributed by atoms with Gasteiger partial charge in [-0.15, -0.1) is 0 Å². The molecular formula is C15H18N4O. The van der Waals surface area contributed by atoms with Crippen molar-refractivity contribution in [3.63, 3.8) is 0 Å². The van der Waals surface area contributed by atoms with Gasteiger partial charge in [0.05, 0.1) is 23.5 Å². The van der Waals surface area contributed by atoms with Crippen LogP contribution in [-0.2, 0) is 0 Å². The van der Waals surface area contributed by atoms with Crippen LogP contribution in [0.5, 0.6) is 0 Å². The van der Waals surface area contributed by atoms with Crippen LogP contribution < -0.4 is 16.6 Å². The van der Waals surface area contributed by atoms with Gasteiger partial charge in [0.15, 0.2) is 0 Å². The minimum atomic E-state index is -0.170. The number of hydrogen-bond acceptors (Lipinski definition) is 4. The van der Waals surface area contributed by atoms with Crippen molar-refractivity contribution >= 4 is 11.6 Å². The smallest absolute Gasteiger partial charge is 0.254 e. The predicted molar refractivity (Wildman–Crippen MR) is 79.0 cm³/mol. The van der Waals surface area contributed by atoms with Crippen molar-refractivity contribution in [3.8, 4) is 0 Å². The molecule has 1 heterocycles. The van der Waals surface area contributed by atoms with E-state index in [1.165, 1.54) is 6.20 Å². The number of pyridine rings is 1. The second kappa shape index (κ2) is 6.68. The Morgan fingerprint density at radius 1 is 1.30 bits per heavy atom. The van der Waals surface area contributed by atoms with Gasteiger partial charge < -0.3 is 10.7 Å². The number of aromatic nitrogens is 1. The van der Waals surface area contributed by atoms with Gasteiger partial charge in [0.25, 0.3) is 5.91 Å². The van der Waals surface area contributed by atoms with Gasteiger partial charge in [0, 0.05) is 6.20 Å². The highest BCUT2D eigenvalue weighted by molar-refractivity contribution is 5.99. The predicted octanol–water partition coefficient (Wildman–Crippen LogP) is 2.25. The molecule has 1 aromatic carbocycles. The van der Waals surface area contributed by atoms with Gasteiger partial charge in [-0.05, 0) is 18.1 Å². The van der Waals surface area contributed by atoms with Crippen LogP contribution in [0.1, 0.15) is 35.3 Å². The number of carbonyl (C=O) groups is 1. The van der Waals surface area contributed by atoms with Crippen molar-refractivity contribution in [2.75, 3.05) is 5.43 Å². The minimum Gasteiger partial charge on any atom is -0.345 e. The first-order valence-corrected chi connectivity index (χ1v) is 6.52. The third-order valence-electron chi connectivity index (χ3n) is 3.14. The van der Waals surface area contributed by atoms with Crippen molar-refractivity contribution in [2.24, 2.45) is 5.84 Å². The number of hydrazine groups is 1. The van der Waals surface area contributed by atoms with E-state index in [-0.39, 0.29) is 11.9 Å². The Bertz CT molecular complexity index is 571. The first-order chi connectivity index (χ1) is 9.76. The van der Waals surface area contributed by atoms with Crippen molar-refractivity contribution < 1.29 is 4.79 Å². The van der Waals surface area contributed by atoms with E-state index in [2.05, 4.69) is 15.7 Å². The number of carbonyl (C=O) groups excluding carboxylic acids is 1. The molecule has 0 saturated heterocycles. The molecule has 104 valence electrons. The van der Waals surface area contributed by atoms with Crippen molar-refractivity contribution in [1.29, 1.82) is 0 Å². The molecule has 5 heteroatoms. The molecule has 2 rings (SSSR count). The second-order valence-electron chi connectivity index (χ2n) is 4.41. The lowest BCUT2D eigenvalue weighted by atomic mass is 10.0. The largest absolute Gasteiger partial charge is 0.345 e. The van der Waals surface area contributed by atoms with Gasteiger partial charge in [0.1, 0.15) is 0 Å². The lowest BCUT2D eigenvalue weighted by Crippen LogP contribution is -2.29. The standard InChI is InChI=1S/C15H18N4O/c1-2-13(11-6-4-3-5-7-11)18-15(20)12-8-9-17-10-14(12)19-16/h3-10,13,19H,2,16H2,1H3,(H,18,20). The average molecular weight is 270 g/mol. The number of nitrogens with two attached hydrogens (primary N) is 1. The molecule has 0 bridgehead atoms. The third kappa shape index (κ3) is 3.13. The average Bonchev–Trinajstić information content (AvgIpc) is 2.53. The van der Waals surface area contributed by atoms with Crippen LogP contribution in [0.2, 0.25) is 0 Å². The van der Waals surface area contributed by atoms with E-state index in [1.54, 1.807) is 12.3 Å². The molecule has 0 spiro atoms. The van der Waals surface area contributed by atoms with Crippen molar-refractivity contribution in [3.05, 3.63) is 59.9 Å². The summed E-state index contributed by atoms with van der Waals surface area (Å²) in [5.74, 6) is 5.22. The summed E-state index contributed by atoms with van der Waals surface area (Å²) in [6.07, 6.45) is 3.91. The Labute approximate surface area is 118 Å². The summed E-state index contributed by atoms with van der Waals surface area (Å²) in [5.41, 5.74) is 4.56. The van der Waals surface area contributed by atoms with E-state index in [9.17, 15) is 4.79 Å². The van der Waals surface area contributed by atoms with E-state index in [0.29, 0.717) is 11.3 Å². The first-order valence-electron chi connectivity index (χ1n) is 6.52. The van der Waals surface area contributed by atoms with Crippen LogP contribution in [0.15, 0.2) is 48.8 Å². The molecule has 0 aliphatic carbocycles. The van der Waals surface area contributed by atoms with E-state index in [1.807, 2.05) is 37.3 Å². The zero-order valence-electron chi connectivity index (χ0n) is 11.3. The molecule has 1 aromatic heterocycles. The Hall–Kier alpha value is -2.40. The number of nitrogens with zero attached hydrogens (tertiary/aromatic N) is 1. The second-order valence-corrected chi connectivity index (χ2v) is 4.41. The van der Waals surface area contributed by atoms with E-state index < -0.39 is 0 Å². The molecule has 1 amide bonds. The number of nitrogens with one attached hydrogen (secondary N) is 2. The van der Waals surface area contributed by atoms with Gasteiger partial charge in [-0.1, -0.05) is 37.3 Å². The summed E-state index contributed by atoms with van der Waals surface area (Å²) in [7, 11) is 0. The number of rotatable bonds is 5. The maximum atomic E-state index is 12.3. The van der Waals surface area contributed by atoms with E-state index >= 15 is 0 Å². The van der Waals surface area contributed by atoms with Crippen LogP contribution in [0, 0.1) is 0 Å². The molecule has 5 nitrogen and oxygen atoms in total. The van der Waals surface area contributed by atoms with Gasteiger partial charge >= 0.3 is 0 Å². The van der Waals surface area contributed by atoms with E-state index in [0.717, 1.165) is 12.0 Å². The summed E-state index contributed by atoms with van der Waals surface area (Å²) >= 11 is 0. The highest BCUT2D eigenvalue weighted by atomic mass is 16.1. The summed E-state index contributed by atoms with van der Waals surface area (Å²) in [6, 6.07) is 11.5. The maximum absolute atomic E-state index is 12.3. The Morgan fingerprint density at radius 2 is 2.05 bits per heavy atom. The Balaban J connectivity index is 2.18. The molecule has 0 fully saturated rings. The number of benzene rings is 1. The molecule has 20 heavy (non-hydrogen) atoms. The van der Waals surface area contributed by atoms with Gasteiger partial charge in [-0.2, -0.15) is 0 Å². The van der Waals surface area contributed by atoms with Crippen LogP contribution >= 0.6 is 0 Å². The Kier molecular flexibility index (Phi) is 4.68. The fraction of sp³-hybridized carbons (Fsp3) is 0.200. The highest BCUT2D eigenvalue weighted by Gasteiger charge is 2.16. The fourth-order valence-corrected chi connectivity index (χ4v) is 2.05. The van der Waals surface area contributed by atoms with Gasteiger partial charge in [-0.3, -0.25) is 15.6 Å². The summed E-state index contributed by atoms with van der Waals surface area (Å²) in [5, 5.41) is 3.01. The third-order valence-corrected chi connectivity index (χ3v) is 3.14. The zero-order valence-corrected chi connectivity index (χ0v) is 11.3. The number of nitrogen functional groups attached to an aromatic ring is 1. The Morgan fingerprint density at radius 3 is 2.70 bits per heavy atom. The molecule has 4 N–H and O–H groups in total. The molecular weight excluding hydrogens is 252 g/mol. The summed E-state index contributed by atoms with van der Waals surface area (Å²) in [4.78, 5) is 16.3. The van der Waals surface area contributed by atoms with Crippen LogP contribution in [-0.4, -0.2) is 10.9 Å². The maximum Gasteiger partial charge on any atom is 0.254 e. The zero-order chi connectivity index (χ0) is 14.4. The molecule has 0 radical (unpaired) electrons. The molecule has 0 aliphatic rings. The molecule has 1 unspecified atom stereocenters. The number of hydrogen-bond donors (Lipinski definition) is 3. The number of anilines is 1. The highest BCUT2D eigenvalue weighted by Crippen LogP contribution is 2.18. The fourth-order valence-electron chi connectivity index (χ4n) is 2.05. The molecule has 0 aliphatic heterocycles. The number of amides is 1. The first kappa shape index (κ1) is 14.0. The topological polar surface area (TPSA) is 80.0 Å². The van der Waals surface area contributed by atoms with Gasteiger partial charge in [-0.25, -0.2) is 0 Å². The van der Waals surface area contributed by atoms with Crippen LogP contribution in [0.25, 0.3) is 0 Å². The summed E-state index contributed by atoms with van der Waals surface area (Å²) in [6.45, 7) is 2.03. The summed E-state index contributed by atoms with van der Waals surface area (Å²) < 4.78 is 0. The SMILES string of the molecule is CCC(NC(=O)c1ccncc1NN)c1ccccc1. The van der Waals surface area contributed by atoms with E-state index in [4.69, 9.17) is 5.84 Å². The normalized spacial score (nSPS) is 11.7. The van der Waals surface area contributed by atoms with Crippen molar-refractivity contribution in [2.45, 2.75) is 19.4 Å². The monoisotopic (exact) mass is 270 g/mol. The molecule has 0 saturated carbocycles. The molecule has 2 aromatic rings. The molecule has 1 atom stereocenters. The van der Waals surface area contributed by atoms with Crippen LogP contribution in [0.4, 0.5) is 5.69 Å². The van der Waals surface area contributed by atoms with Crippen molar-refractivity contribution in [1.82, 2.24) is 10.3 Å². The minimum absolute atomic E-state index is 0.0255. The lowest BCUT2D eigenvalue weighted by molar-refractivity contribution is 0.0936. The van der Waals surface area contributed by atoms with Gasteiger partial charge in [0.2, 0.25) is 0 Å².